The van der Waals surface area contributed by atoms with Gasteiger partial charge in [0.15, 0.2) is 8.32 Å². The minimum Gasteiger partial charge on any atom is -0.415 e. The highest BCUT2D eigenvalue weighted by Gasteiger charge is 2.39. The third-order valence-corrected chi connectivity index (χ3v) is 12.1. The van der Waals surface area contributed by atoms with E-state index >= 15 is 0 Å². The topological polar surface area (TPSA) is 21.6 Å². The second-order valence-corrected chi connectivity index (χ2v) is 13.5. The molecular weight excluding hydrogens is 444 g/mol. The average Bonchev–Trinajstić information content (AvgIpc) is 2.43. The lowest BCUT2D eigenvalue weighted by Crippen LogP contribution is -2.43. The molecule has 0 saturated heterocycles. The van der Waals surface area contributed by atoms with Crippen molar-refractivity contribution in [3.8, 4) is 0 Å². The summed E-state index contributed by atoms with van der Waals surface area (Å²) >= 11 is 4.94. The Hall–Kier alpha value is 1.31. The predicted molar refractivity (Wildman–Crippen MR) is 91.0 cm³/mol. The van der Waals surface area contributed by atoms with E-state index < -0.39 is 8.32 Å². The van der Waals surface area contributed by atoms with Crippen LogP contribution in [0.4, 0.5) is 0 Å². The van der Waals surface area contributed by atoms with E-state index in [4.69, 9.17) is 4.43 Å². The van der Waals surface area contributed by atoms with Crippen LogP contribution in [-0.4, -0.2) is 35.0 Å². The Morgan fingerprint density at radius 2 is 1.88 bits per heavy atom. The summed E-state index contributed by atoms with van der Waals surface area (Å²) in [7, 11) is -1.60. The smallest absolute Gasteiger partial charge is 0.192 e. The normalized spacial score (nSPS) is 31.1. The fraction of sp³-hybridized carbons (Fsp3) is 0.909. The predicted octanol–water partition coefficient (Wildman–Crippen LogP) is 4.07. The summed E-state index contributed by atoms with van der Waals surface area (Å²) < 4.78 is 7.36. The lowest BCUT2D eigenvalue weighted by atomic mass is 10.2. The van der Waals surface area contributed by atoms with Crippen LogP contribution in [-0.2, 0) is 4.43 Å². The molecule has 0 N–H and O–H groups in total. The average molecular weight is 465 g/mol. The Bertz CT molecular complexity index is 276. The highest BCUT2D eigenvalue weighted by Crippen LogP contribution is 2.37. The van der Waals surface area contributed by atoms with Crippen LogP contribution in [0, 0.1) is 0 Å². The van der Waals surface area contributed by atoms with Gasteiger partial charge < -0.3 is 4.43 Å². The van der Waals surface area contributed by atoms with Crippen LogP contribution in [0.2, 0.25) is 18.1 Å². The summed E-state index contributed by atoms with van der Waals surface area (Å²) in [6.45, 7) is 12.2. The van der Waals surface area contributed by atoms with Crippen LogP contribution in [0.1, 0.15) is 20.8 Å². The van der Waals surface area contributed by atoms with Crippen molar-refractivity contribution in [1.82, 2.24) is 0 Å². The van der Waals surface area contributed by atoms with Gasteiger partial charge in [0, 0.05) is 6.21 Å². The van der Waals surface area contributed by atoms with E-state index in [1.807, 2.05) is 0 Å². The van der Waals surface area contributed by atoms with Crippen molar-refractivity contribution in [3.63, 3.8) is 0 Å². The van der Waals surface area contributed by atoms with Crippen LogP contribution in [0.15, 0.2) is 4.99 Å². The molecule has 0 aromatic carbocycles. The molecule has 1 rings (SSSR count). The van der Waals surface area contributed by atoms with Crippen LogP contribution >= 0.6 is 45.2 Å². The Balaban J connectivity index is 2.50. The molecule has 0 aromatic rings. The number of hydrogen-bond acceptors (Lipinski definition) is 2. The zero-order chi connectivity index (χ0) is 12.6. The molecule has 0 fully saturated rings. The maximum absolute atomic E-state index is 6.21. The van der Waals surface area contributed by atoms with E-state index in [1.165, 1.54) is 0 Å². The fourth-order valence-corrected chi connectivity index (χ4v) is 3.48. The van der Waals surface area contributed by atoms with Crippen molar-refractivity contribution in [2.75, 3.05) is 6.61 Å². The molecule has 3 atom stereocenters. The van der Waals surface area contributed by atoms with Crippen molar-refractivity contribution in [3.05, 3.63) is 0 Å². The van der Waals surface area contributed by atoms with Crippen molar-refractivity contribution < 1.29 is 4.43 Å². The molecular formula is C11H21I2NOSi. The minimum atomic E-state index is -1.60. The lowest BCUT2D eigenvalue weighted by molar-refractivity contribution is 0.268. The van der Waals surface area contributed by atoms with Gasteiger partial charge in [-0.15, -0.1) is 0 Å². The Morgan fingerprint density at radius 3 is 2.25 bits per heavy atom. The highest BCUT2D eigenvalue weighted by atomic mass is 127. The molecule has 94 valence electrons. The van der Waals surface area contributed by atoms with E-state index in [0.29, 0.717) is 18.9 Å². The SMILES string of the molecule is CC(C)(C)[Si](C)(C)OC[C@H]1N=CC(I)C1I. The third-order valence-electron chi connectivity index (χ3n) is 3.51. The van der Waals surface area contributed by atoms with E-state index in [9.17, 15) is 0 Å². The van der Waals surface area contributed by atoms with Gasteiger partial charge in [-0.3, -0.25) is 4.99 Å². The van der Waals surface area contributed by atoms with Crippen LogP contribution in [0.3, 0.4) is 0 Å². The maximum atomic E-state index is 6.21. The lowest BCUT2D eigenvalue weighted by Gasteiger charge is -2.37. The molecule has 2 unspecified atom stereocenters. The number of nitrogens with zero attached hydrogens (tertiary/aromatic N) is 1. The molecule has 0 aliphatic carbocycles. The summed E-state index contributed by atoms with van der Waals surface area (Å²) in [5.41, 5.74) is 0. The van der Waals surface area contributed by atoms with Gasteiger partial charge in [0.2, 0.25) is 0 Å². The molecule has 1 aliphatic heterocycles. The molecule has 0 aromatic heterocycles. The van der Waals surface area contributed by atoms with Gasteiger partial charge in [-0.2, -0.15) is 0 Å². The van der Waals surface area contributed by atoms with E-state index in [1.54, 1.807) is 0 Å². The van der Waals surface area contributed by atoms with Crippen molar-refractivity contribution >= 4 is 59.7 Å². The number of halogens is 2. The quantitative estimate of drug-likeness (QED) is 0.350. The summed E-state index contributed by atoms with van der Waals surface area (Å²) in [6, 6.07) is 0.358. The summed E-state index contributed by atoms with van der Waals surface area (Å²) in [5, 5.41) is 0.291. The van der Waals surface area contributed by atoms with Gasteiger partial charge in [0.25, 0.3) is 0 Å². The third kappa shape index (κ3) is 3.65. The van der Waals surface area contributed by atoms with E-state index in [0.717, 1.165) is 6.61 Å². The second-order valence-electron chi connectivity index (χ2n) is 5.83. The Labute approximate surface area is 127 Å². The Morgan fingerprint density at radius 1 is 1.31 bits per heavy atom. The van der Waals surface area contributed by atoms with Crippen LogP contribution < -0.4 is 0 Å². The number of aliphatic imine (C=N–C) groups is 1. The molecule has 0 amide bonds. The number of hydrogen-bond donors (Lipinski definition) is 0. The summed E-state index contributed by atoms with van der Waals surface area (Å²) in [5.74, 6) is 0. The fourth-order valence-electron chi connectivity index (χ4n) is 1.21. The highest BCUT2D eigenvalue weighted by molar-refractivity contribution is 14.1. The Kier molecular flexibility index (Phi) is 5.30. The molecule has 1 aliphatic rings. The van der Waals surface area contributed by atoms with Gasteiger partial charge in [-0.25, -0.2) is 0 Å². The van der Waals surface area contributed by atoms with Crippen LogP contribution in [0.5, 0.6) is 0 Å². The van der Waals surface area contributed by atoms with Gasteiger partial charge in [0.1, 0.15) is 0 Å². The minimum absolute atomic E-state index is 0.291. The van der Waals surface area contributed by atoms with Crippen molar-refractivity contribution in [2.45, 2.75) is 52.8 Å². The zero-order valence-electron chi connectivity index (χ0n) is 10.6. The van der Waals surface area contributed by atoms with Crippen molar-refractivity contribution in [2.24, 2.45) is 4.99 Å². The van der Waals surface area contributed by atoms with Gasteiger partial charge in [-0.05, 0) is 18.1 Å². The first kappa shape index (κ1) is 15.4. The maximum Gasteiger partial charge on any atom is 0.192 e. The van der Waals surface area contributed by atoms with Gasteiger partial charge in [-0.1, -0.05) is 66.0 Å². The van der Waals surface area contributed by atoms with Crippen molar-refractivity contribution in [1.29, 1.82) is 0 Å². The molecule has 0 spiro atoms. The number of alkyl halides is 2. The van der Waals surface area contributed by atoms with Gasteiger partial charge in [0.05, 0.1) is 20.5 Å². The molecule has 0 saturated carbocycles. The first-order chi connectivity index (χ1) is 7.15. The zero-order valence-corrected chi connectivity index (χ0v) is 15.9. The largest absolute Gasteiger partial charge is 0.415 e. The molecule has 0 radical (unpaired) electrons. The molecule has 1 heterocycles. The monoisotopic (exact) mass is 465 g/mol. The second kappa shape index (κ2) is 5.52. The first-order valence-corrected chi connectivity index (χ1v) is 11.0. The standard InChI is InChI=1S/C11H21I2NOSi/c1-11(2,3)16(4,5)15-7-9-10(13)8(12)6-14-9/h6,8-10H,7H2,1-5H3/t8?,9-,10?/m1/s1. The summed E-state index contributed by atoms with van der Waals surface area (Å²) in [4.78, 5) is 4.54. The van der Waals surface area contributed by atoms with Gasteiger partial charge >= 0.3 is 0 Å². The molecule has 2 nitrogen and oxygen atoms in total. The summed E-state index contributed by atoms with van der Waals surface area (Å²) in [6.07, 6.45) is 2.07. The van der Waals surface area contributed by atoms with E-state index in [2.05, 4.69) is 90.3 Å². The molecule has 5 heteroatoms. The molecule has 0 bridgehead atoms. The van der Waals surface area contributed by atoms with Crippen LogP contribution in [0.25, 0.3) is 0 Å². The first-order valence-electron chi connectivity index (χ1n) is 5.60. The number of rotatable bonds is 3. The van der Waals surface area contributed by atoms with E-state index in [-0.39, 0.29) is 0 Å². The molecule has 16 heavy (non-hydrogen) atoms.